The molecule has 0 aliphatic rings. The monoisotopic (exact) mass is 318 g/mol. The van der Waals surface area contributed by atoms with Crippen molar-refractivity contribution in [3.05, 3.63) is 25.3 Å². The van der Waals surface area contributed by atoms with Gasteiger partial charge in [0.2, 0.25) is 0 Å². The minimum Gasteiger partial charge on any atom is -0.458 e. The van der Waals surface area contributed by atoms with Crippen molar-refractivity contribution < 1.29 is 27.5 Å². The molecule has 21 heavy (non-hydrogen) atoms. The van der Waals surface area contributed by atoms with Crippen LogP contribution < -0.4 is 0 Å². The lowest BCUT2D eigenvalue weighted by Crippen LogP contribution is -2.43. The maximum absolute atomic E-state index is 12.4. The van der Waals surface area contributed by atoms with Gasteiger partial charge in [-0.3, -0.25) is 0 Å². The summed E-state index contributed by atoms with van der Waals surface area (Å²) in [5, 5.41) is -1.89. The van der Waals surface area contributed by atoms with Crippen LogP contribution in [-0.4, -0.2) is 43.1 Å². The van der Waals surface area contributed by atoms with E-state index in [1.807, 2.05) is 0 Å². The summed E-state index contributed by atoms with van der Waals surface area (Å²) in [5.41, 5.74) is 0. The summed E-state index contributed by atoms with van der Waals surface area (Å²) in [7, 11) is -3.67. The summed E-state index contributed by atoms with van der Waals surface area (Å²) in [6.07, 6.45) is 0.247. The number of carbonyl (C=O) groups excluding carboxylic acids is 2. The molecular weight excluding hydrogens is 296 g/mol. The largest absolute Gasteiger partial charge is 0.458 e. The molecule has 6 nitrogen and oxygen atoms in total. The Kier molecular flexibility index (Phi) is 7.35. The van der Waals surface area contributed by atoms with Crippen molar-refractivity contribution in [2.75, 3.05) is 0 Å². The Morgan fingerprint density at radius 3 is 1.38 bits per heavy atom. The second-order valence-corrected chi connectivity index (χ2v) is 7.36. The molecule has 0 radical (unpaired) electrons. The van der Waals surface area contributed by atoms with Gasteiger partial charge in [-0.2, -0.15) is 0 Å². The first kappa shape index (κ1) is 19.4. The molecule has 0 amide bonds. The smallest absolute Gasteiger partial charge is 0.330 e. The van der Waals surface area contributed by atoms with Gasteiger partial charge in [-0.1, -0.05) is 13.2 Å². The normalized spacial score (nSPS) is 17.0. The third kappa shape index (κ3) is 5.34. The number of esters is 2. The number of ether oxygens (including phenoxy) is 2. The Labute approximate surface area is 125 Å². The Hall–Kier alpha value is -1.63. The molecule has 4 unspecified atom stereocenters. The van der Waals surface area contributed by atoms with Crippen molar-refractivity contribution in [3.63, 3.8) is 0 Å². The highest BCUT2D eigenvalue weighted by Crippen LogP contribution is 2.19. The first-order valence-electron chi connectivity index (χ1n) is 6.46. The van der Waals surface area contributed by atoms with Crippen molar-refractivity contribution >= 4 is 21.8 Å². The van der Waals surface area contributed by atoms with E-state index in [1.54, 1.807) is 0 Å². The Morgan fingerprint density at radius 1 is 0.857 bits per heavy atom. The zero-order valence-electron chi connectivity index (χ0n) is 12.7. The summed E-state index contributed by atoms with van der Waals surface area (Å²) >= 11 is 0. The first-order chi connectivity index (χ1) is 9.57. The molecule has 0 aromatic heterocycles. The highest BCUT2D eigenvalue weighted by Gasteiger charge is 2.37. The van der Waals surface area contributed by atoms with Crippen LogP contribution in [0.25, 0.3) is 0 Å². The lowest BCUT2D eigenvalue weighted by molar-refractivity contribution is -0.142. The number of rotatable bonds is 8. The minimum absolute atomic E-state index is 0.691. The second-order valence-electron chi connectivity index (χ2n) is 4.69. The van der Waals surface area contributed by atoms with Crippen molar-refractivity contribution in [1.82, 2.24) is 0 Å². The van der Waals surface area contributed by atoms with E-state index in [9.17, 15) is 18.0 Å². The van der Waals surface area contributed by atoms with Crippen LogP contribution in [0.1, 0.15) is 27.7 Å². The molecule has 0 aliphatic carbocycles. The quantitative estimate of drug-likeness (QED) is 0.497. The van der Waals surface area contributed by atoms with E-state index in [-0.39, 0.29) is 0 Å². The third-order valence-electron chi connectivity index (χ3n) is 3.30. The predicted molar refractivity (Wildman–Crippen MR) is 79.3 cm³/mol. The van der Waals surface area contributed by atoms with Gasteiger partial charge < -0.3 is 9.47 Å². The molecule has 0 heterocycles. The SMILES string of the molecule is C=CC(=O)OC(C)C(C)S(=O)(=O)C(C)C(C)OC(=O)C=C. The van der Waals surface area contributed by atoms with Gasteiger partial charge in [0.25, 0.3) is 0 Å². The molecule has 7 heteroatoms. The van der Waals surface area contributed by atoms with E-state index < -0.39 is 44.5 Å². The zero-order valence-corrected chi connectivity index (χ0v) is 13.6. The van der Waals surface area contributed by atoms with Crippen molar-refractivity contribution in [2.45, 2.75) is 50.4 Å². The fraction of sp³-hybridized carbons (Fsp3) is 0.571. The Morgan fingerprint density at radius 2 is 1.14 bits per heavy atom. The second kappa shape index (κ2) is 7.97. The van der Waals surface area contributed by atoms with Gasteiger partial charge in [-0.05, 0) is 27.7 Å². The molecule has 0 saturated heterocycles. The average Bonchev–Trinajstić information content (AvgIpc) is 2.44. The van der Waals surface area contributed by atoms with Crippen LogP contribution in [-0.2, 0) is 28.9 Å². The first-order valence-corrected chi connectivity index (χ1v) is 8.07. The highest BCUT2D eigenvalue weighted by atomic mass is 32.2. The van der Waals surface area contributed by atoms with Crippen molar-refractivity contribution in [2.24, 2.45) is 0 Å². The zero-order chi connectivity index (χ0) is 16.8. The van der Waals surface area contributed by atoms with Gasteiger partial charge in [-0.15, -0.1) is 0 Å². The summed E-state index contributed by atoms with van der Waals surface area (Å²) in [6, 6.07) is 0. The van der Waals surface area contributed by atoms with Gasteiger partial charge >= 0.3 is 11.9 Å². The molecule has 0 saturated carbocycles. The molecule has 0 rings (SSSR count). The van der Waals surface area contributed by atoms with Crippen LogP contribution in [0.2, 0.25) is 0 Å². The number of carbonyl (C=O) groups is 2. The summed E-state index contributed by atoms with van der Waals surface area (Å²) < 4.78 is 34.7. The van der Waals surface area contributed by atoms with E-state index >= 15 is 0 Å². The maximum Gasteiger partial charge on any atom is 0.330 e. The van der Waals surface area contributed by atoms with Crippen LogP contribution in [0.4, 0.5) is 0 Å². The lowest BCUT2D eigenvalue weighted by Gasteiger charge is -2.26. The van der Waals surface area contributed by atoms with Crippen LogP contribution in [0, 0.1) is 0 Å². The minimum atomic E-state index is -3.67. The fourth-order valence-corrected chi connectivity index (χ4v) is 3.38. The Bertz CT molecular complexity index is 468. The molecule has 0 N–H and O–H groups in total. The van der Waals surface area contributed by atoms with E-state index in [2.05, 4.69) is 13.2 Å². The van der Waals surface area contributed by atoms with E-state index in [4.69, 9.17) is 9.47 Å². The molecule has 4 atom stereocenters. The fourth-order valence-electron chi connectivity index (χ4n) is 1.53. The maximum atomic E-state index is 12.4. The predicted octanol–water partition coefficient (Wildman–Crippen LogP) is 1.41. The third-order valence-corrected chi connectivity index (χ3v) is 6.14. The van der Waals surface area contributed by atoms with Crippen LogP contribution in [0.3, 0.4) is 0 Å². The molecule has 0 bridgehead atoms. The summed E-state index contributed by atoms with van der Waals surface area (Å²) in [4.78, 5) is 22.3. The van der Waals surface area contributed by atoms with Crippen molar-refractivity contribution in [1.29, 1.82) is 0 Å². The molecule has 0 aliphatic heterocycles. The number of hydrogen-bond donors (Lipinski definition) is 0. The van der Waals surface area contributed by atoms with Crippen molar-refractivity contribution in [3.8, 4) is 0 Å². The lowest BCUT2D eigenvalue weighted by atomic mass is 10.3. The Balaban J connectivity index is 5.00. The van der Waals surface area contributed by atoms with Gasteiger partial charge in [0.15, 0.2) is 9.84 Å². The molecule has 0 aromatic carbocycles. The number of hydrogen-bond acceptors (Lipinski definition) is 6. The van der Waals surface area contributed by atoms with Crippen LogP contribution in [0.15, 0.2) is 25.3 Å². The van der Waals surface area contributed by atoms with E-state index in [1.165, 1.54) is 27.7 Å². The molecule has 120 valence electrons. The summed E-state index contributed by atoms with van der Waals surface area (Å²) in [5.74, 6) is -1.38. The van der Waals surface area contributed by atoms with Gasteiger partial charge in [0, 0.05) is 12.2 Å². The van der Waals surface area contributed by atoms with Gasteiger partial charge in [0.1, 0.15) is 12.2 Å². The highest BCUT2D eigenvalue weighted by molar-refractivity contribution is 7.92. The molecule has 0 fully saturated rings. The van der Waals surface area contributed by atoms with E-state index in [0.29, 0.717) is 0 Å². The van der Waals surface area contributed by atoms with Gasteiger partial charge in [-0.25, -0.2) is 18.0 Å². The van der Waals surface area contributed by atoms with Gasteiger partial charge in [0.05, 0.1) is 10.5 Å². The summed E-state index contributed by atoms with van der Waals surface area (Å²) in [6.45, 7) is 12.3. The molecular formula is C14H22O6S. The standard InChI is InChI=1S/C14H22O6S/c1-7-13(15)19-9(3)11(5)21(17,18)12(6)10(4)20-14(16)8-2/h7-12H,1-2H2,3-6H3. The molecule has 0 aromatic rings. The van der Waals surface area contributed by atoms with E-state index in [0.717, 1.165) is 12.2 Å². The van der Waals surface area contributed by atoms with Crippen LogP contribution in [0.5, 0.6) is 0 Å². The average molecular weight is 318 g/mol. The topological polar surface area (TPSA) is 86.7 Å². The molecule has 0 spiro atoms. The van der Waals surface area contributed by atoms with Crippen LogP contribution >= 0.6 is 0 Å². The number of sulfone groups is 1.